The minimum atomic E-state index is -0.129. The molecule has 0 spiro atoms. The van der Waals surface area contributed by atoms with Gasteiger partial charge in [0.2, 0.25) is 0 Å². The SMILES string of the molecule is CSCCCNC(=O)c1sc(N2CCC(N)C2)nc1N. The molecule has 0 radical (unpaired) electrons. The second kappa shape index (κ2) is 7.14. The molecule has 1 aliphatic heterocycles. The first-order chi connectivity index (χ1) is 9.61. The van der Waals surface area contributed by atoms with Gasteiger partial charge in [-0.3, -0.25) is 4.79 Å². The van der Waals surface area contributed by atoms with E-state index in [9.17, 15) is 4.79 Å². The van der Waals surface area contributed by atoms with Crippen molar-refractivity contribution in [3.8, 4) is 0 Å². The van der Waals surface area contributed by atoms with Crippen LogP contribution in [0.2, 0.25) is 0 Å². The molecule has 2 heterocycles. The van der Waals surface area contributed by atoms with Gasteiger partial charge in [-0.15, -0.1) is 0 Å². The number of thiazole rings is 1. The van der Waals surface area contributed by atoms with Gasteiger partial charge in [0.1, 0.15) is 10.7 Å². The first kappa shape index (κ1) is 15.4. The summed E-state index contributed by atoms with van der Waals surface area (Å²) in [6.07, 6.45) is 3.96. The number of nitrogens with zero attached hydrogens (tertiary/aromatic N) is 2. The third kappa shape index (κ3) is 3.77. The Kier molecular flexibility index (Phi) is 5.50. The number of carbonyl (C=O) groups excluding carboxylic acids is 1. The third-order valence-electron chi connectivity index (χ3n) is 3.15. The molecule has 0 aliphatic carbocycles. The van der Waals surface area contributed by atoms with E-state index in [0.717, 1.165) is 36.8 Å². The molecule has 1 saturated heterocycles. The van der Waals surface area contributed by atoms with Gasteiger partial charge in [0, 0.05) is 25.7 Å². The van der Waals surface area contributed by atoms with Crippen LogP contribution in [0.5, 0.6) is 0 Å². The number of nitrogens with two attached hydrogens (primary N) is 2. The molecule has 2 rings (SSSR count). The minimum Gasteiger partial charge on any atom is -0.382 e. The Morgan fingerprint density at radius 3 is 3.10 bits per heavy atom. The highest BCUT2D eigenvalue weighted by Gasteiger charge is 2.24. The van der Waals surface area contributed by atoms with Gasteiger partial charge < -0.3 is 21.7 Å². The number of anilines is 2. The molecule has 6 nitrogen and oxygen atoms in total. The molecule has 1 aliphatic rings. The van der Waals surface area contributed by atoms with Crippen LogP contribution in [0.4, 0.5) is 10.9 Å². The van der Waals surface area contributed by atoms with Gasteiger partial charge in [0.05, 0.1) is 0 Å². The maximum absolute atomic E-state index is 12.1. The van der Waals surface area contributed by atoms with Crippen molar-refractivity contribution in [2.45, 2.75) is 18.9 Å². The lowest BCUT2D eigenvalue weighted by Gasteiger charge is -2.12. The van der Waals surface area contributed by atoms with Gasteiger partial charge in [0.15, 0.2) is 5.13 Å². The monoisotopic (exact) mass is 315 g/mol. The Hall–Kier alpha value is -0.990. The number of nitrogen functional groups attached to an aromatic ring is 1. The largest absolute Gasteiger partial charge is 0.382 e. The van der Waals surface area contributed by atoms with Gasteiger partial charge in [-0.25, -0.2) is 4.98 Å². The second-order valence-corrected chi connectivity index (χ2v) is 6.77. The number of amides is 1. The fraction of sp³-hybridized carbons (Fsp3) is 0.667. The standard InChI is InChI=1S/C12H21N5OS2/c1-19-6-2-4-15-11(18)9-10(14)16-12(20-9)17-5-3-8(13)7-17/h8H,2-7,13-14H2,1H3,(H,15,18). The number of carbonyl (C=O) groups is 1. The maximum atomic E-state index is 12.1. The van der Waals surface area contributed by atoms with Crippen LogP contribution < -0.4 is 21.7 Å². The van der Waals surface area contributed by atoms with Crippen LogP contribution in [0.1, 0.15) is 22.5 Å². The van der Waals surface area contributed by atoms with Gasteiger partial charge in [0.25, 0.3) is 5.91 Å². The van der Waals surface area contributed by atoms with E-state index in [4.69, 9.17) is 11.5 Å². The lowest BCUT2D eigenvalue weighted by atomic mass is 10.3. The lowest BCUT2D eigenvalue weighted by molar-refractivity contribution is 0.0958. The zero-order chi connectivity index (χ0) is 14.5. The molecule has 8 heteroatoms. The summed E-state index contributed by atoms with van der Waals surface area (Å²) in [6, 6.07) is 0.184. The molecule has 0 aromatic carbocycles. The van der Waals surface area contributed by atoms with Crippen molar-refractivity contribution in [2.24, 2.45) is 5.73 Å². The summed E-state index contributed by atoms with van der Waals surface area (Å²) >= 11 is 3.12. The molecule has 1 amide bonds. The van der Waals surface area contributed by atoms with E-state index in [1.807, 2.05) is 0 Å². The molecule has 20 heavy (non-hydrogen) atoms. The maximum Gasteiger partial charge on any atom is 0.265 e. The molecule has 0 saturated carbocycles. The summed E-state index contributed by atoms with van der Waals surface area (Å²) in [7, 11) is 0. The molecule has 0 bridgehead atoms. The van der Waals surface area contributed by atoms with E-state index in [1.54, 1.807) is 11.8 Å². The van der Waals surface area contributed by atoms with Gasteiger partial charge in [-0.1, -0.05) is 11.3 Å². The lowest BCUT2D eigenvalue weighted by Crippen LogP contribution is -2.26. The van der Waals surface area contributed by atoms with Crippen molar-refractivity contribution in [1.82, 2.24) is 10.3 Å². The molecule has 112 valence electrons. The zero-order valence-corrected chi connectivity index (χ0v) is 13.2. The third-order valence-corrected chi connectivity index (χ3v) is 4.98. The summed E-state index contributed by atoms with van der Waals surface area (Å²) in [5, 5.41) is 3.68. The van der Waals surface area contributed by atoms with E-state index in [0.29, 0.717) is 17.2 Å². The van der Waals surface area contributed by atoms with Crippen molar-refractivity contribution in [1.29, 1.82) is 0 Å². The number of hydrogen-bond acceptors (Lipinski definition) is 7. The highest BCUT2D eigenvalue weighted by Crippen LogP contribution is 2.30. The Labute approximate surface area is 127 Å². The number of aromatic nitrogens is 1. The van der Waals surface area contributed by atoms with Gasteiger partial charge in [-0.05, 0) is 24.9 Å². The van der Waals surface area contributed by atoms with Gasteiger partial charge in [-0.2, -0.15) is 11.8 Å². The summed E-state index contributed by atoms with van der Waals surface area (Å²) in [5.41, 5.74) is 11.7. The fourth-order valence-electron chi connectivity index (χ4n) is 2.08. The van der Waals surface area contributed by atoms with Crippen molar-refractivity contribution in [3.05, 3.63) is 4.88 Å². The minimum absolute atomic E-state index is 0.129. The van der Waals surface area contributed by atoms with E-state index in [-0.39, 0.29) is 11.9 Å². The molecule has 1 aromatic rings. The molecule has 1 aromatic heterocycles. The highest BCUT2D eigenvalue weighted by molar-refractivity contribution is 7.98. The van der Waals surface area contributed by atoms with Crippen molar-refractivity contribution < 1.29 is 4.79 Å². The zero-order valence-electron chi connectivity index (χ0n) is 11.6. The normalized spacial score (nSPS) is 18.5. The van der Waals surface area contributed by atoms with Crippen LogP contribution in [-0.2, 0) is 0 Å². The predicted octanol–water partition coefficient (Wildman–Crippen LogP) is 0.746. The number of rotatable bonds is 6. The predicted molar refractivity (Wildman–Crippen MR) is 86.7 cm³/mol. The quantitative estimate of drug-likeness (QED) is 0.670. The van der Waals surface area contributed by atoms with Crippen molar-refractivity contribution in [2.75, 3.05) is 42.3 Å². The average molecular weight is 315 g/mol. The molecular formula is C12H21N5OS2. The highest BCUT2D eigenvalue weighted by atomic mass is 32.2. The molecule has 1 fully saturated rings. The summed E-state index contributed by atoms with van der Waals surface area (Å²) in [4.78, 5) is 18.9. The first-order valence-electron chi connectivity index (χ1n) is 6.65. The van der Waals surface area contributed by atoms with Crippen LogP contribution in [-0.4, -0.2) is 48.6 Å². The van der Waals surface area contributed by atoms with Crippen LogP contribution in [0.3, 0.4) is 0 Å². The van der Waals surface area contributed by atoms with Crippen LogP contribution >= 0.6 is 23.1 Å². The molecule has 5 N–H and O–H groups in total. The van der Waals surface area contributed by atoms with Crippen LogP contribution in [0.15, 0.2) is 0 Å². The summed E-state index contributed by atoms with van der Waals surface area (Å²) in [5.74, 6) is 1.22. The van der Waals surface area contributed by atoms with E-state index >= 15 is 0 Å². The Balaban J connectivity index is 1.94. The van der Waals surface area contributed by atoms with Gasteiger partial charge >= 0.3 is 0 Å². The number of thioether (sulfide) groups is 1. The van der Waals surface area contributed by atoms with E-state index < -0.39 is 0 Å². The topological polar surface area (TPSA) is 97.3 Å². The summed E-state index contributed by atoms with van der Waals surface area (Å²) in [6.45, 7) is 2.32. The van der Waals surface area contributed by atoms with Crippen LogP contribution in [0, 0.1) is 0 Å². The van der Waals surface area contributed by atoms with Crippen molar-refractivity contribution in [3.63, 3.8) is 0 Å². The molecular weight excluding hydrogens is 294 g/mol. The summed E-state index contributed by atoms with van der Waals surface area (Å²) < 4.78 is 0. The number of hydrogen-bond donors (Lipinski definition) is 3. The van der Waals surface area contributed by atoms with E-state index in [1.165, 1.54) is 11.3 Å². The second-order valence-electron chi connectivity index (χ2n) is 4.81. The smallest absolute Gasteiger partial charge is 0.265 e. The first-order valence-corrected chi connectivity index (χ1v) is 8.86. The number of nitrogens with one attached hydrogen (secondary N) is 1. The Morgan fingerprint density at radius 2 is 2.45 bits per heavy atom. The molecule has 1 unspecified atom stereocenters. The molecule has 1 atom stereocenters. The van der Waals surface area contributed by atoms with Crippen molar-refractivity contribution >= 4 is 40.0 Å². The van der Waals surface area contributed by atoms with Crippen LogP contribution in [0.25, 0.3) is 0 Å². The average Bonchev–Trinajstić information content (AvgIpc) is 3.00. The Morgan fingerprint density at radius 1 is 1.65 bits per heavy atom. The fourth-order valence-corrected chi connectivity index (χ4v) is 3.45. The Bertz CT molecular complexity index is 465. The van der Waals surface area contributed by atoms with E-state index in [2.05, 4.69) is 21.5 Å².